The number of benzene rings is 1. The van der Waals surface area contributed by atoms with Gasteiger partial charge in [-0.3, -0.25) is 4.79 Å². The van der Waals surface area contributed by atoms with E-state index in [1.54, 1.807) is 0 Å². The molecule has 5 aliphatic carbocycles. The van der Waals surface area contributed by atoms with Gasteiger partial charge in [0.2, 0.25) is 0 Å². The van der Waals surface area contributed by atoms with E-state index in [1.807, 2.05) is 0 Å². The third-order valence-corrected chi connectivity index (χ3v) is 18.2. The van der Waals surface area contributed by atoms with Gasteiger partial charge in [-0.15, -0.1) is 0 Å². The second-order valence-corrected chi connectivity index (χ2v) is 21.2. The summed E-state index contributed by atoms with van der Waals surface area (Å²) in [6.45, 7) is 24.1. The molecule has 1 heterocycles. The van der Waals surface area contributed by atoms with Crippen LogP contribution in [0.15, 0.2) is 42.5 Å². The van der Waals surface area contributed by atoms with Gasteiger partial charge >= 0.3 is 0 Å². The van der Waals surface area contributed by atoms with Gasteiger partial charge in [-0.25, -0.2) is 8.42 Å². The molecule has 1 aliphatic heterocycles. The summed E-state index contributed by atoms with van der Waals surface area (Å²) in [7, 11) is -2.86. The van der Waals surface area contributed by atoms with Crippen LogP contribution in [0, 0.1) is 51.2 Å². The Morgan fingerprint density at radius 3 is 2.34 bits per heavy atom. The number of ether oxygens (including phenoxy) is 1. The summed E-state index contributed by atoms with van der Waals surface area (Å²) in [5.41, 5.74) is 6.31. The lowest BCUT2D eigenvalue weighted by Gasteiger charge is -2.72. The molecule has 0 radical (unpaired) electrons. The summed E-state index contributed by atoms with van der Waals surface area (Å²) in [4.78, 5) is 13.1. The molecule has 5 fully saturated rings. The minimum Gasteiger partial charge on any atom is -0.463 e. The van der Waals surface area contributed by atoms with Crippen molar-refractivity contribution in [1.82, 2.24) is 10.2 Å². The Kier molecular flexibility index (Phi) is 9.37. The van der Waals surface area contributed by atoms with Crippen molar-refractivity contribution in [2.75, 3.05) is 37.7 Å². The highest BCUT2D eigenvalue weighted by molar-refractivity contribution is 7.91. The smallest absolute Gasteiger partial charge is 0.293 e. The third-order valence-electron chi connectivity index (χ3n) is 16.6. The van der Waals surface area contributed by atoms with Gasteiger partial charge in [-0.05, 0) is 133 Å². The second-order valence-electron chi connectivity index (χ2n) is 18.9. The number of carbonyl (C=O) groups is 1. The fourth-order valence-corrected chi connectivity index (χ4v) is 15.2. The van der Waals surface area contributed by atoms with Crippen molar-refractivity contribution >= 4 is 21.9 Å². The summed E-state index contributed by atoms with van der Waals surface area (Å²) in [6, 6.07) is 8.70. The van der Waals surface area contributed by atoms with Crippen LogP contribution in [0.5, 0.6) is 0 Å². The number of nitrogens with zero attached hydrogens (tertiary/aromatic N) is 1. The highest BCUT2D eigenvalue weighted by atomic mass is 32.2. The zero-order valence-electron chi connectivity index (χ0n) is 31.9. The zero-order valence-corrected chi connectivity index (χ0v) is 32.7. The summed E-state index contributed by atoms with van der Waals surface area (Å²) in [6.07, 6.45) is 14.0. The van der Waals surface area contributed by atoms with E-state index in [0.717, 1.165) is 25.1 Å². The van der Waals surface area contributed by atoms with Crippen molar-refractivity contribution in [3.05, 3.63) is 53.6 Å². The largest absolute Gasteiger partial charge is 0.463 e. The predicted octanol–water partition coefficient (Wildman–Crippen LogP) is 8.08. The molecular weight excluding hydrogens is 641 g/mol. The van der Waals surface area contributed by atoms with Crippen LogP contribution in [0.2, 0.25) is 0 Å². The SMILES string of the molecule is C=C(C)[C@@H]1CC[C@]2(NCCN3CCS(=O)(=O)CC3)CC[C@]3(C)[C@H](CC[C@@H]4[C@@]5(C)CC=C(c6ccc(COC=O)cc6)C(C)(C)[C@@H]5CC[C@]43C)[C@@H]12. The van der Waals surface area contributed by atoms with Crippen molar-refractivity contribution in [2.45, 2.75) is 111 Å². The van der Waals surface area contributed by atoms with Gasteiger partial charge in [-0.2, -0.15) is 0 Å². The van der Waals surface area contributed by atoms with Gasteiger partial charge in [-0.1, -0.05) is 77.1 Å². The second kappa shape index (κ2) is 12.9. The van der Waals surface area contributed by atoms with E-state index in [2.05, 4.69) is 88.7 Å². The molecule has 0 bridgehead atoms. The van der Waals surface area contributed by atoms with E-state index in [0.29, 0.717) is 78.1 Å². The van der Waals surface area contributed by atoms with Crippen LogP contribution < -0.4 is 5.32 Å². The highest BCUT2D eigenvalue weighted by Gasteiger charge is 2.70. The Bertz CT molecular complexity index is 1600. The van der Waals surface area contributed by atoms with E-state index >= 15 is 0 Å². The Hall–Kier alpha value is -1.96. The molecule has 7 heteroatoms. The van der Waals surface area contributed by atoms with E-state index in [1.165, 1.54) is 68.1 Å². The van der Waals surface area contributed by atoms with Crippen molar-refractivity contribution in [3.8, 4) is 0 Å². The average Bonchev–Trinajstić information content (AvgIpc) is 3.45. The van der Waals surface area contributed by atoms with Crippen LogP contribution >= 0.6 is 0 Å². The van der Waals surface area contributed by atoms with Gasteiger partial charge in [0.15, 0.2) is 9.84 Å². The number of hydrogen-bond acceptors (Lipinski definition) is 6. The summed E-state index contributed by atoms with van der Waals surface area (Å²) in [5.74, 6) is 3.84. The first kappa shape index (κ1) is 36.4. The summed E-state index contributed by atoms with van der Waals surface area (Å²) in [5, 5.41) is 4.22. The maximum absolute atomic E-state index is 12.0. The zero-order chi connectivity index (χ0) is 35.7. The van der Waals surface area contributed by atoms with E-state index in [-0.39, 0.29) is 16.4 Å². The van der Waals surface area contributed by atoms with Crippen LogP contribution in [0.25, 0.3) is 5.57 Å². The first-order chi connectivity index (χ1) is 23.6. The molecule has 276 valence electrons. The van der Waals surface area contributed by atoms with Gasteiger partial charge in [0.25, 0.3) is 6.47 Å². The molecule has 1 saturated heterocycles. The fourth-order valence-electron chi connectivity index (χ4n) is 13.9. The van der Waals surface area contributed by atoms with E-state index in [9.17, 15) is 13.2 Å². The van der Waals surface area contributed by atoms with Crippen LogP contribution in [0.1, 0.15) is 110 Å². The van der Waals surface area contributed by atoms with Crippen molar-refractivity contribution in [3.63, 3.8) is 0 Å². The molecule has 7 rings (SSSR count). The molecule has 9 atom stereocenters. The molecule has 1 N–H and O–H groups in total. The Morgan fingerprint density at radius 2 is 1.66 bits per heavy atom. The van der Waals surface area contributed by atoms with Gasteiger partial charge in [0.1, 0.15) is 6.61 Å². The Labute approximate surface area is 303 Å². The topological polar surface area (TPSA) is 75.7 Å². The Morgan fingerprint density at radius 1 is 0.940 bits per heavy atom. The Balaban J connectivity index is 1.13. The number of allylic oxidation sites excluding steroid dienone is 3. The minimum atomic E-state index is -2.86. The number of fused-ring (bicyclic) bond motifs is 7. The normalized spacial score (nSPS) is 41.9. The number of carbonyl (C=O) groups excluding carboxylic acids is 1. The number of sulfone groups is 1. The average molecular weight is 705 g/mol. The molecule has 0 amide bonds. The quantitative estimate of drug-likeness (QED) is 0.207. The standard InChI is InChI=1S/C43H64N2O4S/c1-30(2)33-14-19-43(44-22-23-45-24-26-50(47,48)27-25-45)21-20-41(6)35(38(33)43)12-13-37-40(5)17-15-34(32-10-8-31(9-11-32)28-49-29-46)39(3,4)36(40)16-18-42(37,41)7/h8-11,15,29,33,35-38,44H,1,12-14,16-28H2,2-7H3/t33-,35+,36-,37+,38+,40-,41+,42+,43-/m0/s1. The maximum atomic E-state index is 12.0. The van der Waals surface area contributed by atoms with E-state index in [4.69, 9.17) is 4.74 Å². The van der Waals surface area contributed by atoms with Gasteiger partial charge in [0.05, 0.1) is 11.5 Å². The van der Waals surface area contributed by atoms with Gasteiger partial charge < -0.3 is 15.0 Å². The number of nitrogens with one attached hydrogen (secondary N) is 1. The highest BCUT2D eigenvalue weighted by Crippen LogP contribution is 2.76. The molecule has 0 unspecified atom stereocenters. The first-order valence-electron chi connectivity index (χ1n) is 19.8. The molecule has 0 spiro atoms. The van der Waals surface area contributed by atoms with Crippen LogP contribution in [-0.2, 0) is 26.0 Å². The molecule has 6 aliphatic rings. The number of hydrogen-bond donors (Lipinski definition) is 1. The monoisotopic (exact) mass is 704 g/mol. The molecule has 0 aromatic heterocycles. The minimum absolute atomic E-state index is 0.0770. The molecular formula is C43H64N2O4S. The molecule has 4 saturated carbocycles. The lowest BCUT2D eigenvalue weighted by Crippen LogP contribution is -2.68. The maximum Gasteiger partial charge on any atom is 0.293 e. The van der Waals surface area contributed by atoms with Crippen molar-refractivity contribution in [2.24, 2.45) is 51.2 Å². The van der Waals surface area contributed by atoms with E-state index < -0.39 is 9.84 Å². The summed E-state index contributed by atoms with van der Waals surface area (Å²) < 4.78 is 29.1. The first-order valence-corrected chi connectivity index (χ1v) is 21.6. The lowest BCUT2D eigenvalue weighted by molar-refractivity contribution is -0.219. The van der Waals surface area contributed by atoms with Crippen molar-refractivity contribution in [1.29, 1.82) is 0 Å². The predicted molar refractivity (Wildman–Crippen MR) is 203 cm³/mol. The summed E-state index contributed by atoms with van der Waals surface area (Å²) >= 11 is 0. The van der Waals surface area contributed by atoms with Crippen LogP contribution in [-0.4, -0.2) is 63.0 Å². The lowest BCUT2D eigenvalue weighted by atomic mass is 9.33. The van der Waals surface area contributed by atoms with Crippen LogP contribution in [0.4, 0.5) is 0 Å². The molecule has 1 aromatic carbocycles. The molecule has 50 heavy (non-hydrogen) atoms. The van der Waals surface area contributed by atoms with Crippen molar-refractivity contribution < 1.29 is 17.9 Å². The molecule has 6 nitrogen and oxygen atoms in total. The van der Waals surface area contributed by atoms with Gasteiger partial charge in [0, 0.05) is 31.7 Å². The third kappa shape index (κ3) is 5.70. The molecule has 1 aromatic rings. The van der Waals surface area contributed by atoms with Crippen LogP contribution in [0.3, 0.4) is 0 Å². The fraction of sp³-hybridized carbons (Fsp3) is 0.744. The number of rotatable bonds is 9.